The summed E-state index contributed by atoms with van der Waals surface area (Å²) in [5, 5.41) is 2.98. The zero-order chi connectivity index (χ0) is 34.9. The number of methoxy groups -OCH3 is 1. The molecule has 0 radical (unpaired) electrons. The van der Waals surface area contributed by atoms with Gasteiger partial charge in [0, 0.05) is 19.4 Å². The zero-order valence-electron chi connectivity index (χ0n) is 29.5. The Bertz CT molecular complexity index is 1410. The molecule has 0 unspecified atom stereocenters. The first kappa shape index (κ1) is 39.1. The van der Waals surface area contributed by atoms with Crippen LogP contribution < -0.4 is 14.8 Å². The van der Waals surface area contributed by atoms with Gasteiger partial charge in [-0.3, -0.25) is 14.4 Å². The molecule has 0 fully saturated rings. The Kier molecular flexibility index (Phi) is 19.0. The summed E-state index contributed by atoms with van der Waals surface area (Å²) < 4.78 is 16.8. The van der Waals surface area contributed by atoms with Crippen LogP contribution in [0.3, 0.4) is 0 Å². The summed E-state index contributed by atoms with van der Waals surface area (Å²) in [5.74, 6) is 0.318. The fraction of sp³-hybridized carbons (Fsp3) is 0.452. The number of esters is 2. The molecule has 0 heterocycles. The SMILES string of the molecule is CCCCCC[C@H](C/C=C\CCCCCCCC(=O)NCc1ccc(OC(=O)Cc2ccccc2)c(OC)c1)OC(=O)Cc1ccccc1. The fourth-order valence-electron chi connectivity index (χ4n) is 5.57. The lowest BCUT2D eigenvalue weighted by Gasteiger charge is -2.16. The van der Waals surface area contributed by atoms with E-state index in [4.69, 9.17) is 14.2 Å². The molecule has 1 N–H and O–H groups in total. The fourth-order valence-corrected chi connectivity index (χ4v) is 5.57. The van der Waals surface area contributed by atoms with E-state index in [2.05, 4.69) is 24.4 Å². The van der Waals surface area contributed by atoms with E-state index in [9.17, 15) is 14.4 Å². The Morgan fingerprint density at radius 3 is 2.04 bits per heavy atom. The molecule has 49 heavy (non-hydrogen) atoms. The van der Waals surface area contributed by atoms with Gasteiger partial charge in [-0.2, -0.15) is 0 Å². The molecule has 1 amide bonds. The third-order valence-electron chi connectivity index (χ3n) is 8.34. The zero-order valence-corrected chi connectivity index (χ0v) is 29.5. The maximum absolute atomic E-state index is 12.5. The Morgan fingerprint density at radius 1 is 0.694 bits per heavy atom. The summed E-state index contributed by atoms with van der Waals surface area (Å²) in [4.78, 5) is 37.3. The van der Waals surface area contributed by atoms with Crippen molar-refractivity contribution in [1.29, 1.82) is 0 Å². The van der Waals surface area contributed by atoms with E-state index >= 15 is 0 Å². The number of carbonyl (C=O) groups excluding carboxylic acids is 3. The van der Waals surface area contributed by atoms with Gasteiger partial charge in [-0.25, -0.2) is 0 Å². The molecule has 3 aromatic carbocycles. The predicted octanol–water partition coefficient (Wildman–Crippen LogP) is 9.26. The maximum atomic E-state index is 12.5. The number of benzene rings is 3. The molecule has 264 valence electrons. The van der Waals surface area contributed by atoms with E-state index in [-0.39, 0.29) is 30.4 Å². The van der Waals surface area contributed by atoms with E-state index in [0.29, 0.717) is 30.9 Å². The van der Waals surface area contributed by atoms with Crippen LogP contribution in [0.2, 0.25) is 0 Å². The van der Waals surface area contributed by atoms with Crippen LogP contribution in [0.5, 0.6) is 11.5 Å². The van der Waals surface area contributed by atoms with Gasteiger partial charge in [0.05, 0.1) is 20.0 Å². The third-order valence-corrected chi connectivity index (χ3v) is 8.34. The van der Waals surface area contributed by atoms with Gasteiger partial charge in [-0.1, -0.05) is 124 Å². The van der Waals surface area contributed by atoms with E-state index in [0.717, 1.165) is 74.5 Å². The third kappa shape index (κ3) is 17.0. The predicted molar refractivity (Wildman–Crippen MR) is 195 cm³/mol. The van der Waals surface area contributed by atoms with Crippen LogP contribution >= 0.6 is 0 Å². The molecule has 0 aliphatic rings. The minimum Gasteiger partial charge on any atom is -0.493 e. The highest BCUT2D eigenvalue weighted by Gasteiger charge is 2.14. The van der Waals surface area contributed by atoms with Crippen molar-refractivity contribution in [2.75, 3.05) is 7.11 Å². The van der Waals surface area contributed by atoms with Crippen molar-refractivity contribution in [3.05, 3.63) is 108 Å². The quantitative estimate of drug-likeness (QED) is 0.0443. The van der Waals surface area contributed by atoms with Crippen molar-refractivity contribution < 1.29 is 28.6 Å². The number of carbonyl (C=O) groups is 3. The van der Waals surface area contributed by atoms with Crippen LogP contribution in [0.25, 0.3) is 0 Å². The average molecular weight is 670 g/mol. The molecule has 0 bridgehead atoms. The van der Waals surface area contributed by atoms with Crippen molar-refractivity contribution in [3.63, 3.8) is 0 Å². The maximum Gasteiger partial charge on any atom is 0.315 e. The van der Waals surface area contributed by atoms with Crippen molar-refractivity contribution >= 4 is 17.8 Å². The van der Waals surface area contributed by atoms with Crippen LogP contribution in [-0.2, 0) is 38.5 Å². The van der Waals surface area contributed by atoms with Gasteiger partial charge in [0.15, 0.2) is 11.5 Å². The molecule has 7 nitrogen and oxygen atoms in total. The molecule has 0 saturated carbocycles. The average Bonchev–Trinajstić information content (AvgIpc) is 3.11. The molecule has 3 rings (SSSR count). The first-order valence-electron chi connectivity index (χ1n) is 18.0. The van der Waals surface area contributed by atoms with E-state index in [1.54, 1.807) is 12.1 Å². The number of allylic oxidation sites excluding steroid dienone is 1. The second kappa shape index (κ2) is 23.9. The Labute approximate surface area is 293 Å². The molecular weight excluding hydrogens is 614 g/mol. The van der Waals surface area contributed by atoms with Crippen molar-refractivity contribution in [1.82, 2.24) is 5.32 Å². The lowest BCUT2D eigenvalue weighted by atomic mass is 10.1. The molecule has 0 saturated heterocycles. The van der Waals surface area contributed by atoms with Gasteiger partial charge in [0.25, 0.3) is 0 Å². The molecule has 0 aliphatic heterocycles. The smallest absolute Gasteiger partial charge is 0.315 e. The van der Waals surface area contributed by atoms with Crippen molar-refractivity contribution in [2.24, 2.45) is 0 Å². The molecular formula is C42H55NO6. The Hall–Kier alpha value is -4.39. The summed E-state index contributed by atoms with van der Waals surface area (Å²) in [6.45, 7) is 2.58. The summed E-state index contributed by atoms with van der Waals surface area (Å²) >= 11 is 0. The number of amides is 1. The minimum absolute atomic E-state index is 0.0222. The normalized spacial score (nSPS) is 11.6. The lowest BCUT2D eigenvalue weighted by Crippen LogP contribution is -2.22. The highest BCUT2D eigenvalue weighted by molar-refractivity contribution is 5.76. The standard InChI is InChI=1S/C42H55NO6/c1-3-4-5-18-25-37(48-41(45)31-34-21-14-12-15-22-34)26-19-10-8-6-7-9-11-20-27-40(44)43-33-36-28-29-38(39(30-36)47-2)49-42(46)32-35-23-16-13-17-24-35/h10,12-17,19,21-24,28-30,37H,3-9,11,18,20,25-27,31-33H2,1-2H3,(H,43,44)/b19-10-/t37-/m1/s1. The lowest BCUT2D eigenvalue weighted by molar-refractivity contribution is -0.148. The first-order chi connectivity index (χ1) is 24.0. The summed E-state index contributed by atoms with van der Waals surface area (Å²) in [6, 6.07) is 24.5. The van der Waals surface area contributed by atoms with Crippen LogP contribution in [-0.4, -0.2) is 31.1 Å². The monoisotopic (exact) mass is 669 g/mol. The van der Waals surface area contributed by atoms with Gasteiger partial charge in [-0.15, -0.1) is 0 Å². The topological polar surface area (TPSA) is 90.9 Å². The second-order valence-corrected chi connectivity index (χ2v) is 12.5. The second-order valence-electron chi connectivity index (χ2n) is 12.5. The van der Waals surface area contributed by atoms with Gasteiger partial charge in [0.1, 0.15) is 6.10 Å². The molecule has 1 atom stereocenters. The summed E-state index contributed by atoms with van der Waals surface area (Å²) in [7, 11) is 1.53. The number of nitrogens with one attached hydrogen (secondary N) is 1. The van der Waals surface area contributed by atoms with Gasteiger partial charge in [0.2, 0.25) is 5.91 Å². The molecule has 7 heteroatoms. The van der Waals surface area contributed by atoms with Crippen LogP contribution in [0.4, 0.5) is 0 Å². The van der Waals surface area contributed by atoms with Crippen LogP contribution in [0.1, 0.15) is 107 Å². The number of rotatable bonds is 24. The number of unbranched alkanes of at least 4 members (excludes halogenated alkanes) is 8. The summed E-state index contributed by atoms with van der Waals surface area (Å²) in [6.07, 6.45) is 17.9. The highest BCUT2D eigenvalue weighted by atomic mass is 16.6. The van der Waals surface area contributed by atoms with Crippen molar-refractivity contribution in [3.8, 4) is 11.5 Å². The van der Waals surface area contributed by atoms with E-state index in [1.807, 2.05) is 66.7 Å². The number of hydrogen-bond donors (Lipinski definition) is 1. The highest BCUT2D eigenvalue weighted by Crippen LogP contribution is 2.28. The molecule has 3 aromatic rings. The van der Waals surface area contributed by atoms with E-state index in [1.165, 1.54) is 26.4 Å². The number of ether oxygens (including phenoxy) is 3. The Balaban J connectivity index is 1.26. The largest absolute Gasteiger partial charge is 0.493 e. The summed E-state index contributed by atoms with van der Waals surface area (Å²) in [5.41, 5.74) is 2.74. The van der Waals surface area contributed by atoms with Gasteiger partial charge in [-0.05, 0) is 60.9 Å². The van der Waals surface area contributed by atoms with Gasteiger partial charge >= 0.3 is 11.9 Å². The number of hydrogen-bond acceptors (Lipinski definition) is 6. The van der Waals surface area contributed by atoms with E-state index < -0.39 is 0 Å². The minimum atomic E-state index is -0.363. The van der Waals surface area contributed by atoms with Gasteiger partial charge < -0.3 is 19.5 Å². The molecule has 0 aromatic heterocycles. The van der Waals surface area contributed by atoms with Crippen LogP contribution in [0.15, 0.2) is 91.0 Å². The molecule has 0 spiro atoms. The van der Waals surface area contributed by atoms with Crippen molar-refractivity contribution in [2.45, 2.75) is 116 Å². The van der Waals surface area contributed by atoms with Crippen LogP contribution in [0, 0.1) is 0 Å². The Morgan fingerprint density at radius 2 is 1.35 bits per heavy atom. The first-order valence-corrected chi connectivity index (χ1v) is 18.0. The molecule has 0 aliphatic carbocycles.